The van der Waals surface area contributed by atoms with E-state index in [1.807, 2.05) is 30.3 Å². The fraction of sp³-hybridized carbons (Fsp3) is 0.217. The van der Waals surface area contributed by atoms with Crippen LogP contribution in [0.3, 0.4) is 0 Å². The second-order valence-electron chi connectivity index (χ2n) is 7.39. The molecule has 0 unspecified atom stereocenters. The van der Waals surface area contributed by atoms with Gasteiger partial charge in [-0.1, -0.05) is 18.2 Å². The van der Waals surface area contributed by atoms with Gasteiger partial charge in [0, 0.05) is 36.0 Å². The largest absolute Gasteiger partial charge is 0.372 e. The smallest absolute Gasteiger partial charge is 0.249 e. The average molecular weight is 397 g/mol. The molecule has 0 spiro atoms. The molecule has 1 saturated heterocycles. The summed E-state index contributed by atoms with van der Waals surface area (Å²) < 4.78 is 0. The van der Waals surface area contributed by atoms with Gasteiger partial charge in [0.15, 0.2) is 5.82 Å². The van der Waals surface area contributed by atoms with E-state index in [1.54, 1.807) is 12.4 Å². The number of nitrogens with one attached hydrogen (secondary N) is 2. The molecule has 1 fully saturated rings. The van der Waals surface area contributed by atoms with Gasteiger partial charge in [-0.05, 0) is 55.7 Å². The molecule has 0 saturated carbocycles. The second-order valence-corrected chi connectivity index (χ2v) is 7.39. The SMILES string of the molecule is c1cnc2c(Nc3cnnc(Nc4ccc(N5CCCCC5)cc4)n3)cccc2c1. The van der Waals surface area contributed by atoms with Crippen LogP contribution in [0.1, 0.15) is 19.3 Å². The van der Waals surface area contributed by atoms with E-state index in [2.05, 4.69) is 60.0 Å². The lowest BCUT2D eigenvalue weighted by Crippen LogP contribution is -2.29. The van der Waals surface area contributed by atoms with Crippen LogP contribution in [0.25, 0.3) is 10.9 Å². The molecule has 2 aromatic carbocycles. The normalized spacial score (nSPS) is 13.9. The molecule has 0 radical (unpaired) electrons. The quantitative estimate of drug-likeness (QED) is 0.496. The zero-order chi connectivity index (χ0) is 20.2. The van der Waals surface area contributed by atoms with Gasteiger partial charge in [-0.15, -0.1) is 5.10 Å². The molecule has 0 bridgehead atoms. The summed E-state index contributed by atoms with van der Waals surface area (Å²) in [6.45, 7) is 2.27. The Morgan fingerprint density at radius 3 is 2.53 bits per heavy atom. The molecule has 30 heavy (non-hydrogen) atoms. The monoisotopic (exact) mass is 397 g/mol. The van der Waals surface area contributed by atoms with Gasteiger partial charge in [0.1, 0.15) is 0 Å². The van der Waals surface area contributed by atoms with Crippen LogP contribution >= 0.6 is 0 Å². The van der Waals surface area contributed by atoms with E-state index >= 15 is 0 Å². The van der Waals surface area contributed by atoms with Crippen molar-refractivity contribution >= 4 is 39.7 Å². The van der Waals surface area contributed by atoms with Crippen molar-refractivity contribution < 1.29 is 0 Å². The molecular formula is C23H23N7. The molecule has 0 atom stereocenters. The van der Waals surface area contributed by atoms with Gasteiger partial charge in [0.05, 0.1) is 17.4 Å². The highest BCUT2D eigenvalue weighted by atomic mass is 15.3. The minimum Gasteiger partial charge on any atom is -0.372 e. The Morgan fingerprint density at radius 1 is 0.833 bits per heavy atom. The van der Waals surface area contributed by atoms with Crippen LogP contribution in [0.5, 0.6) is 0 Å². The van der Waals surface area contributed by atoms with Gasteiger partial charge >= 0.3 is 0 Å². The summed E-state index contributed by atoms with van der Waals surface area (Å²) in [6, 6.07) is 18.4. The predicted molar refractivity (Wildman–Crippen MR) is 121 cm³/mol. The summed E-state index contributed by atoms with van der Waals surface area (Å²) in [7, 11) is 0. The van der Waals surface area contributed by atoms with Crippen molar-refractivity contribution in [1.82, 2.24) is 20.2 Å². The number of aromatic nitrogens is 4. The molecule has 0 aliphatic carbocycles. The Balaban J connectivity index is 1.31. The van der Waals surface area contributed by atoms with Gasteiger partial charge in [-0.3, -0.25) is 4.98 Å². The fourth-order valence-corrected chi connectivity index (χ4v) is 3.80. The molecule has 1 aliphatic heterocycles. The van der Waals surface area contributed by atoms with Crippen molar-refractivity contribution in [3.05, 3.63) is 67.0 Å². The van der Waals surface area contributed by atoms with Crippen LogP contribution in [0.4, 0.5) is 28.8 Å². The molecule has 7 nitrogen and oxygen atoms in total. The summed E-state index contributed by atoms with van der Waals surface area (Å²) >= 11 is 0. The fourth-order valence-electron chi connectivity index (χ4n) is 3.80. The highest BCUT2D eigenvalue weighted by Gasteiger charge is 2.11. The molecule has 150 valence electrons. The van der Waals surface area contributed by atoms with Gasteiger partial charge < -0.3 is 15.5 Å². The van der Waals surface area contributed by atoms with Crippen LogP contribution in [-0.4, -0.2) is 33.3 Å². The van der Waals surface area contributed by atoms with Crippen LogP contribution in [0.15, 0.2) is 67.0 Å². The van der Waals surface area contributed by atoms with Gasteiger partial charge in [0.2, 0.25) is 5.95 Å². The number of hydrogen-bond acceptors (Lipinski definition) is 7. The number of hydrogen-bond donors (Lipinski definition) is 2. The van der Waals surface area contributed by atoms with Crippen molar-refractivity contribution in [3.63, 3.8) is 0 Å². The van der Waals surface area contributed by atoms with Crippen LogP contribution in [0, 0.1) is 0 Å². The molecule has 4 aromatic rings. The maximum Gasteiger partial charge on any atom is 0.249 e. The predicted octanol–water partition coefficient (Wildman–Crippen LogP) is 4.90. The first-order valence-corrected chi connectivity index (χ1v) is 10.3. The lowest BCUT2D eigenvalue weighted by atomic mass is 10.1. The molecule has 2 N–H and O–H groups in total. The van der Waals surface area contributed by atoms with Gasteiger partial charge in [-0.2, -0.15) is 10.1 Å². The molecular weight excluding hydrogens is 374 g/mol. The Labute approximate surface area is 175 Å². The molecule has 5 rings (SSSR count). The molecule has 0 amide bonds. The minimum absolute atomic E-state index is 0.443. The Bertz CT molecular complexity index is 1130. The van der Waals surface area contributed by atoms with Crippen LogP contribution < -0.4 is 15.5 Å². The van der Waals surface area contributed by atoms with Crippen molar-refractivity contribution in [1.29, 1.82) is 0 Å². The van der Waals surface area contributed by atoms with E-state index < -0.39 is 0 Å². The summed E-state index contributed by atoms with van der Waals surface area (Å²) in [5.41, 5.74) is 3.96. The van der Waals surface area contributed by atoms with E-state index in [0.29, 0.717) is 11.8 Å². The summed E-state index contributed by atoms with van der Waals surface area (Å²) in [5.74, 6) is 1.05. The number of benzene rings is 2. The maximum absolute atomic E-state index is 4.55. The van der Waals surface area contributed by atoms with E-state index in [0.717, 1.165) is 35.4 Å². The number of pyridine rings is 1. The molecule has 3 heterocycles. The van der Waals surface area contributed by atoms with Crippen LogP contribution in [-0.2, 0) is 0 Å². The number of fused-ring (bicyclic) bond motifs is 1. The topological polar surface area (TPSA) is 78.9 Å². The first-order chi connectivity index (χ1) is 14.8. The summed E-state index contributed by atoms with van der Waals surface area (Å²) in [6.07, 6.45) is 7.26. The number of piperidine rings is 1. The summed E-state index contributed by atoms with van der Waals surface area (Å²) in [4.78, 5) is 11.5. The summed E-state index contributed by atoms with van der Waals surface area (Å²) in [5, 5.41) is 15.8. The highest BCUT2D eigenvalue weighted by Crippen LogP contribution is 2.25. The van der Waals surface area contributed by atoms with Gasteiger partial charge in [0.25, 0.3) is 0 Å². The van der Waals surface area contributed by atoms with Gasteiger partial charge in [-0.25, -0.2) is 0 Å². The number of nitrogens with zero attached hydrogens (tertiary/aromatic N) is 5. The third-order valence-corrected chi connectivity index (χ3v) is 5.30. The van der Waals surface area contributed by atoms with E-state index in [1.165, 1.54) is 24.9 Å². The lowest BCUT2D eigenvalue weighted by molar-refractivity contribution is 0.578. The third kappa shape index (κ3) is 4.00. The average Bonchev–Trinajstić information content (AvgIpc) is 2.81. The van der Waals surface area contributed by atoms with Crippen molar-refractivity contribution in [2.75, 3.05) is 28.6 Å². The van der Waals surface area contributed by atoms with Crippen LogP contribution in [0.2, 0.25) is 0 Å². The maximum atomic E-state index is 4.55. The Morgan fingerprint density at radius 2 is 1.67 bits per heavy atom. The molecule has 1 aliphatic rings. The Hall–Kier alpha value is -3.74. The van der Waals surface area contributed by atoms with E-state index in [-0.39, 0.29) is 0 Å². The zero-order valence-corrected chi connectivity index (χ0v) is 16.6. The second kappa shape index (κ2) is 8.32. The standard InChI is InChI=1S/C23H23N7/c1-2-14-30(15-3-1)19-11-9-18(10-12-19)26-23-28-21(16-25-29-23)27-20-8-4-6-17-7-5-13-24-22(17)20/h4-13,16H,1-3,14-15H2,(H2,26,27,28,29). The van der Waals surface area contributed by atoms with E-state index in [4.69, 9.17) is 0 Å². The first kappa shape index (κ1) is 18.3. The number of rotatable bonds is 5. The number of anilines is 5. The van der Waals surface area contributed by atoms with E-state index in [9.17, 15) is 0 Å². The molecule has 2 aromatic heterocycles. The molecule has 7 heteroatoms. The van der Waals surface area contributed by atoms with Crippen molar-refractivity contribution in [3.8, 4) is 0 Å². The Kier molecular flexibility index (Phi) is 5.08. The number of para-hydroxylation sites is 1. The lowest BCUT2D eigenvalue weighted by Gasteiger charge is -2.28. The minimum atomic E-state index is 0.443. The van der Waals surface area contributed by atoms with Crippen molar-refractivity contribution in [2.45, 2.75) is 19.3 Å². The zero-order valence-electron chi connectivity index (χ0n) is 16.6. The van der Waals surface area contributed by atoms with Crippen molar-refractivity contribution in [2.24, 2.45) is 0 Å². The third-order valence-electron chi connectivity index (χ3n) is 5.30. The highest BCUT2D eigenvalue weighted by molar-refractivity contribution is 5.91. The first-order valence-electron chi connectivity index (χ1n) is 10.3.